The largest absolute Gasteiger partial charge is 0.472 e. The second kappa shape index (κ2) is 42.6. The Hall–Kier alpha value is -1.55. The first-order valence-electron chi connectivity index (χ1n) is 23.3. The molecule has 0 bridgehead atoms. The van der Waals surface area contributed by atoms with Crippen molar-refractivity contribution in [2.45, 2.75) is 232 Å². The molecule has 0 aliphatic heterocycles. The summed E-state index contributed by atoms with van der Waals surface area (Å²) in [6.07, 6.45) is 42.8. The average Bonchev–Trinajstić information content (AvgIpc) is 3.20. The average molecular weight is 831 g/mol. The van der Waals surface area contributed by atoms with Crippen LogP contribution in [0.15, 0.2) is 24.3 Å². The van der Waals surface area contributed by atoms with Crippen LogP contribution in [0.5, 0.6) is 0 Å². The van der Waals surface area contributed by atoms with E-state index in [-0.39, 0.29) is 19.4 Å². The molecule has 0 amide bonds. The smallest absolute Gasteiger partial charge is 0.462 e. The molecule has 0 spiro atoms. The van der Waals surface area contributed by atoms with Gasteiger partial charge in [-0.3, -0.25) is 18.6 Å². The Morgan fingerprint density at radius 3 is 1.26 bits per heavy atom. The van der Waals surface area contributed by atoms with E-state index < -0.39 is 51.8 Å². The maximum atomic E-state index is 12.6. The van der Waals surface area contributed by atoms with Crippen LogP contribution < -0.4 is 0 Å². The van der Waals surface area contributed by atoms with Crippen LogP contribution in [0.2, 0.25) is 0 Å². The van der Waals surface area contributed by atoms with Gasteiger partial charge in [0.1, 0.15) is 12.7 Å². The van der Waals surface area contributed by atoms with E-state index in [1.807, 2.05) is 0 Å². The number of hydrogen-bond acceptors (Lipinski definition) is 9. The van der Waals surface area contributed by atoms with Crippen molar-refractivity contribution in [1.29, 1.82) is 0 Å². The first kappa shape index (κ1) is 55.5. The summed E-state index contributed by atoms with van der Waals surface area (Å²) < 4.78 is 32.8. The van der Waals surface area contributed by atoms with Gasteiger partial charge in [0.15, 0.2) is 6.10 Å². The van der Waals surface area contributed by atoms with Gasteiger partial charge in [-0.15, -0.1) is 0 Å². The molecular formula is C46H87O10P. The van der Waals surface area contributed by atoms with Gasteiger partial charge in [0.2, 0.25) is 0 Å². The van der Waals surface area contributed by atoms with E-state index in [1.54, 1.807) is 0 Å². The van der Waals surface area contributed by atoms with E-state index in [0.717, 1.165) is 51.4 Å². The molecule has 10 nitrogen and oxygen atoms in total. The highest BCUT2D eigenvalue weighted by atomic mass is 31.2. The lowest BCUT2D eigenvalue weighted by molar-refractivity contribution is -0.161. The number of ether oxygens (including phenoxy) is 2. The van der Waals surface area contributed by atoms with Crippen molar-refractivity contribution >= 4 is 19.8 Å². The van der Waals surface area contributed by atoms with Crippen LogP contribution in [0.4, 0.5) is 0 Å². The third-order valence-electron chi connectivity index (χ3n) is 10.1. The topological polar surface area (TPSA) is 149 Å². The minimum atomic E-state index is -4.62. The first-order chi connectivity index (χ1) is 27.7. The summed E-state index contributed by atoms with van der Waals surface area (Å²) in [7, 11) is -4.62. The molecule has 0 saturated carbocycles. The number of hydrogen-bond donors (Lipinski definition) is 3. The van der Waals surface area contributed by atoms with Crippen molar-refractivity contribution in [3.63, 3.8) is 0 Å². The highest BCUT2D eigenvalue weighted by Gasteiger charge is 2.27. The molecule has 11 heteroatoms. The Kier molecular flexibility index (Phi) is 41.4. The summed E-state index contributed by atoms with van der Waals surface area (Å²) in [6.45, 7) is 2.38. The number of rotatable bonds is 44. The molecule has 0 aliphatic rings. The quantitative estimate of drug-likeness (QED) is 0.0234. The molecule has 0 rings (SSSR count). The van der Waals surface area contributed by atoms with Crippen molar-refractivity contribution < 1.29 is 47.8 Å². The Labute approximate surface area is 348 Å². The minimum Gasteiger partial charge on any atom is -0.462 e. The standard InChI is InChI=1S/C46H87O10P/c1-3-5-7-9-11-13-15-17-19-20-21-22-24-26-28-30-32-34-36-38-46(50)56-44(42-55-57(51,52)54-40-43(48)39-47)41-53-45(49)37-35-33-31-29-27-25-23-18-16-14-12-10-8-6-4-2/h17-19,23,43-44,47-48H,3-16,20-22,24-42H2,1-2H3,(H,51,52)/b19-17-,23-18-. The summed E-state index contributed by atoms with van der Waals surface area (Å²) in [6, 6.07) is 0. The van der Waals surface area contributed by atoms with Gasteiger partial charge in [-0.05, 0) is 64.2 Å². The lowest BCUT2D eigenvalue weighted by Gasteiger charge is -2.20. The number of esters is 2. The molecule has 0 aromatic heterocycles. The molecule has 0 aliphatic carbocycles. The zero-order valence-corrected chi connectivity index (χ0v) is 37.5. The summed E-state index contributed by atoms with van der Waals surface area (Å²) in [5.74, 6) is -0.930. The van der Waals surface area contributed by atoms with Crippen molar-refractivity contribution in [1.82, 2.24) is 0 Å². The number of phosphoric acid groups is 1. The Balaban J connectivity index is 4.24. The van der Waals surface area contributed by atoms with Gasteiger partial charge in [0.05, 0.1) is 19.8 Å². The molecule has 0 aromatic rings. The van der Waals surface area contributed by atoms with Crippen LogP contribution in [-0.2, 0) is 32.7 Å². The molecule has 3 unspecified atom stereocenters. The number of unbranched alkanes of at least 4 members (excludes halogenated alkanes) is 26. The number of aliphatic hydroxyl groups excluding tert-OH is 2. The molecule has 336 valence electrons. The fraction of sp³-hybridized carbons (Fsp3) is 0.870. The van der Waals surface area contributed by atoms with Gasteiger partial charge in [-0.1, -0.05) is 167 Å². The summed E-state index contributed by atoms with van der Waals surface area (Å²) >= 11 is 0. The molecule has 3 atom stereocenters. The lowest BCUT2D eigenvalue weighted by Crippen LogP contribution is -2.29. The predicted octanol–water partition coefficient (Wildman–Crippen LogP) is 12.6. The summed E-state index contributed by atoms with van der Waals surface area (Å²) in [5.41, 5.74) is 0. The number of carbonyl (C=O) groups is 2. The van der Waals surface area contributed by atoms with Crippen LogP contribution in [0, 0.1) is 0 Å². The monoisotopic (exact) mass is 831 g/mol. The van der Waals surface area contributed by atoms with Crippen molar-refractivity contribution in [3.8, 4) is 0 Å². The van der Waals surface area contributed by atoms with E-state index in [0.29, 0.717) is 12.8 Å². The fourth-order valence-electron chi connectivity index (χ4n) is 6.45. The Bertz CT molecular complexity index is 1000. The maximum Gasteiger partial charge on any atom is 0.472 e. The molecule has 0 saturated heterocycles. The third kappa shape index (κ3) is 42.4. The molecule has 0 heterocycles. The highest BCUT2D eigenvalue weighted by molar-refractivity contribution is 7.47. The fourth-order valence-corrected chi connectivity index (χ4v) is 7.24. The van der Waals surface area contributed by atoms with Gasteiger partial charge < -0.3 is 24.6 Å². The molecule has 0 fully saturated rings. The second-order valence-corrected chi connectivity index (χ2v) is 17.2. The first-order valence-corrected chi connectivity index (χ1v) is 24.8. The molecular weight excluding hydrogens is 743 g/mol. The van der Waals surface area contributed by atoms with E-state index in [4.69, 9.17) is 23.6 Å². The zero-order valence-electron chi connectivity index (χ0n) is 36.6. The molecule has 0 aromatic carbocycles. The van der Waals surface area contributed by atoms with Crippen molar-refractivity contribution in [2.24, 2.45) is 0 Å². The van der Waals surface area contributed by atoms with Crippen molar-refractivity contribution in [3.05, 3.63) is 24.3 Å². The van der Waals surface area contributed by atoms with E-state index >= 15 is 0 Å². The van der Waals surface area contributed by atoms with Crippen LogP contribution in [-0.4, -0.2) is 65.7 Å². The lowest BCUT2D eigenvalue weighted by atomic mass is 10.1. The van der Waals surface area contributed by atoms with Crippen LogP contribution in [0.25, 0.3) is 0 Å². The number of allylic oxidation sites excluding steroid dienone is 4. The van der Waals surface area contributed by atoms with Crippen LogP contribution >= 0.6 is 7.82 Å². The highest BCUT2D eigenvalue weighted by Crippen LogP contribution is 2.43. The summed E-state index contributed by atoms with van der Waals surface area (Å²) in [5, 5.41) is 18.4. The number of aliphatic hydroxyl groups is 2. The minimum absolute atomic E-state index is 0.182. The van der Waals surface area contributed by atoms with Gasteiger partial charge in [0, 0.05) is 12.8 Å². The van der Waals surface area contributed by atoms with E-state index in [9.17, 15) is 24.2 Å². The van der Waals surface area contributed by atoms with E-state index in [1.165, 1.54) is 128 Å². The second-order valence-electron chi connectivity index (χ2n) is 15.8. The van der Waals surface area contributed by atoms with Gasteiger partial charge in [-0.2, -0.15) is 0 Å². The van der Waals surface area contributed by atoms with Gasteiger partial charge in [0.25, 0.3) is 0 Å². The Morgan fingerprint density at radius 2 is 0.860 bits per heavy atom. The molecule has 0 radical (unpaired) electrons. The van der Waals surface area contributed by atoms with Crippen LogP contribution in [0.1, 0.15) is 219 Å². The van der Waals surface area contributed by atoms with Crippen LogP contribution in [0.3, 0.4) is 0 Å². The van der Waals surface area contributed by atoms with E-state index in [2.05, 4.69) is 38.2 Å². The van der Waals surface area contributed by atoms with Gasteiger partial charge in [-0.25, -0.2) is 4.57 Å². The predicted molar refractivity (Wildman–Crippen MR) is 233 cm³/mol. The maximum absolute atomic E-state index is 12.6. The Morgan fingerprint density at radius 1 is 0.509 bits per heavy atom. The molecule has 3 N–H and O–H groups in total. The molecule has 57 heavy (non-hydrogen) atoms. The normalized spacial score (nSPS) is 14.0. The summed E-state index contributed by atoms with van der Waals surface area (Å²) in [4.78, 5) is 35.0. The SMILES string of the molecule is CCCCCCCC/C=C\CCCCCCCCCCCC(=O)OC(COC(=O)CCCCCCC/C=C\CCCCCCCC)COP(=O)(O)OCC(O)CO. The third-order valence-corrected chi connectivity index (χ3v) is 11.0. The van der Waals surface area contributed by atoms with Gasteiger partial charge >= 0.3 is 19.8 Å². The number of carbonyl (C=O) groups excluding carboxylic acids is 2. The zero-order chi connectivity index (χ0) is 41.9. The van der Waals surface area contributed by atoms with Crippen molar-refractivity contribution in [2.75, 3.05) is 26.4 Å². The number of phosphoric ester groups is 1.